The van der Waals surface area contributed by atoms with E-state index in [1.54, 1.807) is 27.7 Å². The van der Waals surface area contributed by atoms with Crippen molar-refractivity contribution in [2.75, 3.05) is 0 Å². The van der Waals surface area contributed by atoms with E-state index in [4.69, 9.17) is 18.6 Å². The minimum absolute atomic E-state index is 0.0969. The Morgan fingerprint density at radius 2 is 1.20 bits per heavy atom. The maximum Gasteiger partial charge on any atom is 0.273 e. The van der Waals surface area contributed by atoms with Crippen LogP contribution >= 0.6 is 0 Å². The van der Waals surface area contributed by atoms with Crippen molar-refractivity contribution in [3.8, 4) is 0 Å². The van der Waals surface area contributed by atoms with Crippen molar-refractivity contribution in [3.63, 3.8) is 0 Å². The van der Waals surface area contributed by atoms with Gasteiger partial charge in [0.2, 0.25) is 0 Å². The Hall–Kier alpha value is -0.103. The molecule has 4 bridgehead atoms. The van der Waals surface area contributed by atoms with Crippen LogP contribution in [0.4, 0.5) is 0 Å². The van der Waals surface area contributed by atoms with Crippen LogP contribution in [-0.4, -0.2) is 82.0 Å². The Morgan fingerprint density at radius 3 is 1.53 bits per heavy atom. The first-order valence-electron chi connectivity index (χ1n) is 10.7. The Kier molecular flexibility index (Phi) is 5.68. The second-order valence-corrected chi connectivity index (χ2v) is 17.0. The average molecular weight is 449 g/mol. The molecule has 8 nitrogen and oxygen atoms in total. The highest BCUT2D eigenvalue weighted by Crippen LogP contribution is 2.56. The third-order valence-corrected chi connectivity index (χ3v) is 11.4. The molecule has 4 aliphatic rings. The van der Waals surface area contributed by atoms with Crippen LogP contribution in [0.3, 0.4) is 0 Å². The van der Waals surface area contributed by atoms with Crippen LogP contribution < -0.4 is 0 Å². The molecular weight excluding hydrogens is 408 g/mol. The van der Waals surface area contributed by atoms with Gasteiger partial charge < -0.3 is 39.1 Å². The van der Waals surface area contributed by atoms with E-state index in [0.29, 0.717) is 0 Å². The summed E-state index contributed by atoms with van der Waals surface area (Å²) in [5.74, 6) is 0. The minimum Gasteiger partial charge on any atom is -0.408 e. The van der Waals surface area contributed by atoms with E-state index in [1.807, 2.05) is 0 Å². The lowest BCUT2D eigenvalue weighted by Gasteiger charge is -2.67. The van der Waals surface area contributed by atoms with Crippen LogP contribution in [0, 0.1) is 0 Å². The Bertz CT molecular complexity index is 623. The molecular formula is C21H40O8Si. The van der Waals surface area contributed by atoms with Gasteiger partial charge >= 0.3 is 0 Å². The van der Waals surface area contributed by atoms with Crippen molar-refractivity contribution < 1.29 is 39.1 Å². The molecule has 3 aliphatic heterocycles. The fraction of sp³-hybridized carbons (Fsp3) is 1.00. The highest BCUT2D eigenvalue weighted by molar-refractivity contribution is 6.74. The molecule has 3 unspecified atom stereocenters. The molecule has 4 fully saturated rings. The van der Waals surface area contributed by atoms with E-state index in [0.717, 1.165) is 0 Å². The van der Waals surface area contributed by atoms with Gasteiger partial charge in [-0.2, -0.15) is 0 Å². The first kappa shape index (κ1) is 24.5. The SMILES string of the molecule is CC(C)(O)C[C@@]1(O)C2OC3O[C@@H]1C(O[Si](C)(C)C(C)(C)C)[C@H](O3)[C@]2(O)CC(C)(C)O. The molecule has 9 heteroatoms. The lowest BCUT2D eigenvalue weighted by Crippen LogP contribution is -2.86. The smallest absolute Gasteiger partial charge is 0.273 e. The largest absolute Gasteiger partial charge is 0.408 e. The fourth-order valence-corrected chi connectivity index (χ4v) is 6.23. The average Bonchev–Trinajstić information content (AvgIpc) is 2.46. The first-order chi connectivity index (χ1) is 13.2. The molecule has 176 valence electrons. The van der Waals surface area contributed by atoms with Crippen molar-refractivity contribution in [1.82, 2.24) is 0 Å². The van der Waals surface area contributed by atoms with Crippen LogP contribution in [0.2, 0.25) is 18.1 Å². The maximum atomic E-state index is 11.9. The fourth-order valence-electron chi connectivity index (χ4n) is 4.94. The van der Waals surface area contributed by atoms with Gasteiger partial charge in [0.15, 0.2) is 8.32 Å². The standard InChI is InChI=1S/C21H40O8Si/c1-17(2,3)30(8,9)29-12-13-20(24,10-18(4,5)22)15-21(25,11-19(6,7)23)14(12)27-16(26-13)28-15/h12-16,22-25H,10-11H2,1-9H3/t12?,13-,14+,15?,16?,20+,21-. The monoisotopic (exact) mass is 448 g/mol. The van der Waals surface area contributed by atoms with Gasteiger partial charge in [0, 0.05) is 12.8 Å². The second kappa shape index (κ2) is 6.95. The van der Waals surface area contributed by atoms with E-state index >= 15 is 0 Å². The molecule has 0 aromatic carbocycles. The predicted molar refractivity (Wildman–Crippen MR) is 112 cm³/mol. The van der Waals surface area contributed by atoms with Gasteiger partial charge in [-0.15, -0.1) is 0 Å². The normalized spacial score (nSPS) is 42.1. The maximum absolute atomic E-state index is 11.9. The number of rotatable bonds is 6. The summed E-state index contributed by atoms with van der Waals surface area (Å²) in [6, 6.07) is 0. The molecule has 4 N–H and O–H groups in total. The zero-order chi connectivity index (χ0) is 23.1. The first-order valence-corrected chi connectivity index (χ1v) is 13.6. The van der Waals surface area contributed by atoms with Crippen molar-refractivity contribution in [3.05, 3.63) is 0 Å². The van der Waals surface area contributed by atoms with E-state index in [9.17, 15) is 20.4 Å². The summed E-state index contributed by atoms with van der Waals surface area (Å²) < 4.78 is 24.2. The summed E-state index contributed by atoms with van der Waals surface area (Å²) in [6.07, 6.45) is -3.77. The summed E-state index contributed by atoms with van der Waals surface area (Å²) in [5.41, 5.74) is -5.98. The van der Waals surface area contributed by atoms with E-state index in [1.165, 1.54) is 0 Å². The van der Waals surface area contributed by atoms with Crippen LogP contribution in [0.15, 0.2) is 0 Å². The molecule has 1 aliphatic carbocycles. The summed E-state index contributed by atoms with van der Waals surface area (Å²) in [4.78, 5) is 0. The molecule has 3 saturated heterocycles. The molecule has 7 atom stereocenters. The van der Waals surface area contributed by atoms with Gasteiger partial charge in [-0.1, -0.05) is 20.8 Å². The van der Waals surface area contributed by atoms with Gasteiger partial charge in [0.1, 0.15) is 35.6 Å². The minimum atomic E-state index is -2.36. The lowest BCUT2D eigenvalue weighted by molar-refractivity contribution is -0.520. The lowest BCUT2D eigenvalue weighted by atomic mass is 9.61. The van der Waals surface area contributed by atoms with E-state index < -0.39 is 61.6 Å². The Labute approximate surface area is 180 Å². The summed E-state index contributed by atoms with van der Waals surface area (Å²) in [6.45, 7) is 15.8. The predicted octanol–water partition coefficient (Wildman–Crippen LogP) is 1.64. The Balaban J connectivity index is 2.10. The molecule has 0 aromatic rings. The molecule has 30 heavy (non-hydrogen) atoms. The summed E-state index contributed by atoms with van der Waals surface area (Å²) in [7, 11) is -2.36. The Morgan fingerprint density at radius 1 is 0.800 bits per heavy atom. The van der Waals surface area contributed by atoms with Crippen LogP contribution in [0.25, 0.3) is 0 Å². The summed E-state index contributed by atoms with van der Waals surface area (Å²) >= 11 is 0. The highest BCUT2D eigenvalue weighted by Gasteiger charge is 2.75. The molecule has 3 heterocycles. The van der Waals surface area contributed by atoms with Crippen molar-refractivity contribution >= 4 is 8.32 Å². The van der Waals surface area contributed by atoms with Gasteiger partial charge in [-0.3, -0.25) is 0 Å². The molecule has 4 rings (SSSR count). The van der Waals surface area contributed by atoms with Crippen LogP contribution in [-0.2, 0) is 18.6 Å². The summed E-state index contributed by atoms with van der Waals surface area (Å²) in [5, 5.41) is 44.7. The van der Waals surface area contributed by atoms with E-state index in [-0.39, 0.29) is 17.9 Å². The zero-order valence-electron chi connectivity index (χ0n) is 19.7. The zero-order valence-corrected chi connectivity index (χ0v) is 20.7. The van der Waals surface area contributed by atoms with Gasteiger partial charge in [-0.25, -0.2) is 0 Å². The van der Waals surface area contributed by atoms with Crippen LogP contribution in [0.5, 0.6) is 0 Å². The third-order valence-electron chi connectivity index (χ3n) is 6.92. The second-order valence-electron chi connectivity index (χ2n) is 12.2. The van der Waals surface area contributed by atoms with E-state index in [2.05, 4.69) is 33.9 Å². The van der Waals surface area contributed by atoms with Crippen molar-refractivity contribution in [2.45, 2.75) is 133 Å². The third kappa shape index (κ3) is 4.13. The quantitative estimate of drug-likeness (QED) is 0.453. The topological polar surface area (TPSA) is 118 Å². The number of aliphatic hydroxyl groups is 4. The number of hydrogen-bond acceptors (Lipinski definition) is 8. The molecule has 1 saturated carbocycles. The van der Waals surface area contributed by atoms with Crippen molar-refractivity contribution in [2.24, 2.45) is 0 Å². The van der Waals surface area contributed by atoms with Crippen molar-refractivity contribution in [1.29, 1.82) is 0 Å². The molecule has 0 spiro atoms. The van der Waals surface area contributed by atoms with Crippen LogP contribution in [0.1, 0.15) is 61.3 Å². The molecule has 0 radical (unpaired) electrons. The molecule has 0 amide bonds. The number of hydrogen-bond donors (Lipinski definition) is 4. The molecule has 0 aromatic heterocycles. The van der Waals surface area contributed by atoms with Gasteiger partial charge in [-0.05, 0) is 45.8 Å². The van der Waals surface area contributed by atoms with Gasteiger partial charge in [0.25, 0.3) is 6.48 Å². The van der Waals surface area contributed by atoms with Gasteiger partial charge in [0.05, 0.1) is 11.2 Å². The number of ether oxygens (including phenoxy) is 3. The highest BCUT2D eigenvalue weighted by atomic mass is 28.4.